The van der Waals surface area contributed by atoms with Crippen LogP contribution in [0.3, 0.4) is 0 Å². The molecule has 0 saturated heterocycles. The summed E-state index contributed by atoms with van der Waals surface area (Å²) in [7, 11) is 0. The van der Waals surface area contributed by atoms with Crippen molar-refractivity contribution in [2.24, 2.45) is 11.6 Å². The molecule has 1 amide bonds. The van der Waals surface area contributed by atoms with Crippen molar-refractivity contribution in [2.75, 3.05) is 18.1 Å². The van der Waals surface area contributed by atoms with Crippen LogP contribution in [0.2, 0.25) is 0 Å². The number of hydrazine groups is 1. The topological polar surface area (TPSA) is 81.1 Å². The van der Waals surface area contributed by atoms with Gasteiger partial charge in [-0.3, -0.25) is 10.2 Å². The third-order valence-corrected chi connectivity index (χ3v) is 2.47. The Morgan fingerprint density at radius 2 is 2.08 bits per heavy atom. The number of nitrogens with one attached hydrogen (secondary N) is 1. The number of unbranched alkanes of at least 4 members (excludes halogenated alkanes) is 1. The third-order valence-electron chi connectivity index (χ3n) is 1.37. The van der Waals surface area contributed by atoms with E-state index >= 15 is 0 Å². The number of rotatable bonds is 7. The Morgan fingerprint density at radius 1 is 1.33 bits per heavy atom. The van der Waals surface area contributed by atoms with Crippen molar-refractivity contribution in [3.8, 4) is 0 Å². The van der Waals surface area contributed by atoms with E-state index in [0.29, 0.717) is 6.42 Å². The molecule has 0 spiro atoms. The van der Waals surface area contributed by atoms with Crippen LogP contribution in [0.1, 0.15) is 19.3 Å². The molecule has 0 aliphatic heterocycles. The standard InChI is InChI=1S/C7H17N3OS/c8-4-6-12-5-2-1-3-7(11)10-9/h1-6,8-9H2,(H,10,11). The summed E-state index contributed by atoms with van der Waals surface area (Å²) in [6.45, 7) is 0.730. The van der Waals surface area contributed by atoms with Gasteiger partial charge in [-0.05, 0) is 18.6 Å². The Bertz CT molecular complexity index is 121. The highest BCUT2D eigenvalue weighted by molar-refractivity contribution is 7.99. The first kappa shape index (κ1) is 11.7. The molecular weight excluding hydrogens is 174 g/mol. The predicted octanol–water partition coefficient (Wildman–Crippen LogP) is -0.161. The maximum atomic E-state index is 10.6. The van der Waals surface area contributed by atoms with E-state index in [9.17, 15) is 4.79 Å². The van der Waals surface area contributed by atoms with Crippen LogP contribution in [0.4, 0.5) is 0 Å². The van der Waals surface area contributed by atoms with Crippen LogP contribution >= 0.6 is 11.8 Å². The van der Waals surface area contributed by atoms with E-state index in [1.807, 2.05) is 11.8 Å². The van der Waals surface area contributed by atoms with Gasteiger partial charge in [0.05, 0.1) is 0 Å². The predicted molar refractivity (Wildman–Crippen MR) is 52.6 cm³/mol. The van der Waals surface area contributed by atoms with Crippen LogP contribution in [0.15, 0.2) is 0 Å². The summed E-state index contributed by atoms with van der Waals surface area (Å²) in [6, 6.07) is 0. The van der Waals surface area contributed by atoms with Crippen molar-refractivity contribution in [1.29, 1.82) is 0 Å². The van der Waals surface area contributed by atoms with E-state index in [4.69, 9.17) is 11.6 Å². The number of thioether (sulfide) groups is 1. The normalized spacial score (nSPS) is 9.83. The van der Waals surface area contributed by atoms with Crippen molar-refractivity contribution in [3.05, 3.63) is 0 Å². The zero-order valence-electron chi connectivity index (χ0n) is 7.21. The maximum absolute atomic E-state index is 10.6. The van der Waals surface area contributed by atoms with Gasteiger partial charge in [-0.1, -0.05) is 0 Å². The van der Waals surface area contributed by atoms with E-state index in [-0.39, 0.29) is 5.91 Å². The van der Waals surface area contributed by atoms with Crippen LogP contribution < -0.4 is 17.0 Å². The Balaban J connectivity index is 2.95. The highest BCUT2D eigenvalue weighted by Crippen LogP contribution is 2.04. The number of carbonyl (C=O) groups excluding carboxylic acids is 1. The van der Waals surface area contributed by atoms with Gasteiger partial charge in [-0.2, -0.15) is 11.8 Å². The highest BCUT2D eigenvalue weighted by atomic mass is 32.2. The Kier molecular flexibility index (Phi) is 8.64. The molecule has 0 saturated carbocycles. The van der Waals surface area contributed by atoms with Crippen LogP contribution in [0.25, 0.3) is 0 Å². The molecule has 5 N–H and O–H groups in total. The lowest BCUT2D eigenvalue weighted by atomic mass is 10.2. The van der Waals surface area contributed by atoms with Gasteiger partial charge in [-0.25, -0.2) is 5.84 Å². The molecule has 0 radical (unpaired) electrons. The second kappa shape index (κ2) is 8.83. The highest BCUT2D eigenvalue weighted by Gasteiger charge is 1.96. The average molecular weight is 191 g/mol. The quantitative estimate of drug-likeness (QED) is 0.226. The second-order valence-electron chi connectivity index (χ2n) is 2.43. The smallest absolute Gasteiger partial charge is 0.233 e. The lowest BCUT2D eigenvalue weighted by Crippen LogP contribution is -2.29. The molecule has 0 heterocycles. The van der Waals surface area contributed by atoms with Crippen molar-refractivity contribution < 1.29 is 4.79 Å². The minimum atomic E-state index is -0.0844. The van der Waals surface area contributed by atoms with Gasteiger partial charge in [-0.15, -0.1) is 0 Å². The lowest BCUT2D eigenvalue weighted by molar-refractivity contribution is -0.121. The van der Waals surface area contributed by atoms with Crippen LogP contribution in [-0.2, 0) is 4.79 Å². The summed E-state index contributed by atoms with van der Waals surface area (Å²) in [5.41, 5.74) is 7.41. The molecular formula is C7H17N3OS. The van der Waals surface area contributed by atoms with Gasteiger partial charge in [0.2, 0.25) is 5.91 Å². The fourth-order valence-electron chi connectivity index (χ4n) is 0.747. The third kappa shape index (κ3) is 7.84. The molecule has 0 aliphatic rings. The molecule has 0 atom stereocenters. The number of carbonyl (C=O) groups is 1. The van der Waals surface area contributed by atoms with Gasteiger partial charge in [0.15, 0.2) is 0 Å². The Labute approximate surface area is 77.4 Å². The monoisotopic (exact) mass is 191 g/mol. The minimum Gasteiger partial charge on any atom is -0.330 e. The molecule has 0 aromatic rings. The van der Waals surface area contributed by atoms with Crippen molar-refractivity contribution in [2.45, 2.75) is 19.3 Å². The van der Waals surface area contributed by atoms with Crippen LogP contribution in [0, 0.1) is 0 Å². The molecule has 72 valence electrons. The zero-order valence-corrected chi connectivity index (χ0v) is 8.03. The first-order valence-corrected chi connectivity index (χ1v) is 5.24. The zero-order chi connectivity index (χ0) is 9.23. The fourth-order valence-corrected chi connectivity index (χ4v) is 1.53. The SMILES string of the molecule is NCCSCCCCC(=O)NN. The van der Waals surface area contributed by atoms with Crippen molar-refractivity contribution in [3.63, 3.8) is 0 Å². The molecule has 0 aromatic carbocycles. The van der Waals surface area contributed by atoms with E-state index in [0.717, 1.165) is 30.9 Å². The fraction of sp³-hybridized carbons (Fsp3) is 0.857. The summed E-state index contributed by atoms with van der Waals surface area (Å²) in [5, 5.41) is 0. The largest absolute Gasteiger partial charge is 0.330 e. The van der Waals surface area contributed by atoms with E-state index in [1.54, 1.807) is 0 Å². The Morgan fingerprint density at radius 3 is 2.67 bits per heavy atom. The molecule has 12 heavy (non-hydrogen) atoms. The summed E-state index contributed by atoms with van der Waals surface area (Å²) < 4.78 is 0. The molecule has 0 fully saturated rings. The molecule has 5 heteroatoms. The van der Waals surface area contributed by atoms with E-state index < -0.39 is 0 Å². The number of amides is 1. The van der Waals surface area contributed by atoms with Gasteiger partial charge in [0, 0.05) is 18.7 Å². The first-order valence-electron chi connectivity index (χ1n) is 4.08. The molecule has 0 bridgehead atoms. The van der Waals surface area contributed by atoms with Crippen molar-refractivity contribution >= 4 is 17.7 Å². The van der Waals surface area contributed by atoms with Gasteiger partial charge < -0.3 is 5.73 Å². The van der Waals surface area contributed by atoms with Crippen LogP contribution in [0.5, 0.6) is 0 Å². The first-order chi connectivity index (χ1) is 5.81. The molecule has 0 rings (SSSR count). The van der Waals surface area contributed by atoms with Gasteiger partial charge in [0.25, 0.3) is 0 Å². The lowest BCUT2D eigenvalue weighted by Gasteiger charge is -1.99. The summed E-state index contributed by atoms with van der Waals surface area (Å²) in [6.07, 6.45) is 2.48. The maximum Gasteiger partial charge on any atom is 0.233 e. The molecule has 0 unspecified atom stereocenters. The second-order valence-corrected chi connectivity index (χ2v) is 3.65. The summed E-state index contributed by atoms with van der Waals surface area (Å²) in [4.78, 5) is 10.6. The molecule has 0 aliphatic carbocycles. The average Bonchev–Trinajstić information content (AvgIpc) is 2.10. The van der Waals surface area contributed by atoms with Gasteiger partial charge in [0.1, 0.15) is 0 Å². The number of hydrogen-bond acceptors (Lipinski definition) is 4. The van der Waals surface area contributed by atoms with Crippen molar-refractivity contribution in [1.82, 2.24) is 5.43 Å². The van der Waals surface area contributed by atoms with E-state index in [1.165, 1.54) is 0 Å². The number of nitrogens with two attached hydrogens (primary N) is 2. The number of hydrogen-bond donors (Lipinski definition) is 3. The van der Waals surface area contributed by atoms with Crippen LogP contribution in [-0.4, -0.2) is 24.0 Å². The summed E-state index contributed by atoms with van der Waals surface area (Å²) >= 11 is 1.82. The van der Waals surface area contributed by atoms with Gasteiger partial charge >= 0.3 is 0 Å². The molecule has 4 nitrogen and oxygen atoms in total. The summed E-state index contributed by atoms with van der Waals surface area (Å²) in [5.74, 6) is 6.91. The Hall–Kier alpha value is -0.260. The van der Waals surface area contributed by atoms with E-state index in [2.05, 4.69) is 5.43 Å². The molecule has 0 aromatic heterocycles. The minimum absolute atomic E-state index is 0.0844.